The van der Waals surface area contributed by atoms with E-state index < -0.39 is 0 Å². The van der Waals surface area contributed by atoms with Gasteiger partial charge >= 0.3 is 0 Å². The van der Waals surface area contributed by atoms with Crippen LogP contribution in [0.2, 0.25) is 5.02 Å². The van der Waals surface area contributed by atoms with Crippen molar-refractivity contribution in [3.05, 3.63) is 34.6 Å². The molecule has 1 unspecified atom stereocenters. The molecule has 2 rings (SSSR count). The summed E-state index contributed by atoms with van der Waals surface area (Å²) < 4.78 is 13.9. The minimum absolute atomic E-state index is 0.174. The number of benzene rings is 1. The fraction of sp³-hybridized carbons (Fsp3) is 0.647. The first-order valence-corrected chi connectivity index (χ1v) is 8.24. The predicted molar refractivity (Wildman–Crippen MR) is 83.8 cm³/mol. The molecule has 0 heterocycles. The number of nitrogens with one attached hydrogen (secondary N) is 1. The Labute approximate surface area is 126 Å². The van der Waals surface area contributed by atoms with Gasteiger partial charge in [0.05, 0.1) is 0 Å². The van der Waals surface area contributed by atoms with Crippen molar-refractivity contribution in [2.75, 3.05) is 6.54 Å². The largest absolute Gasteiger partial charge is 0.314 e. The fourth-order valence-electron chi connectivity index (χ4n) is 3.19. The SMILES string of the molecule is CCCNC(Cc1ccc(Cl)cc1F)CC1CCCC1. The Morgan fingerprint density at radius 2 is 2.10 bits per heavy atom. The summed E-state index contributed by atoms with van der Waals surface area (Å²) in [6.45, 7) is 3.18. The smallest absolute Gasteiger partial charge is 0.127 e. The molecule has 0 radical (unpaired) electrons. The molecule has 0 amide bonds. The lowest BCUT2D eigenvalue weighted by atomic mass is 9.93. The molecule has 1 saturated carbocycles. The summed E-state index contributed by atoms with van der Waals surface area (Å²) in [5, 5.41) is 4.06. The summed E-state index contributed by atoms with van der Waals surface area (Å²) in [5.41, 5.74) is 0.779. The third-order valence-corrected chi connectivity index (χ3v) is 4.49. The van der Waals surface area contributed by atoms with E-state index in [4.69, 9.17) is 11.6 Å². The molecule has 3 heteroatoms. The van der Waals surface area contributed by atoms with Gasteiger partial charge in [0.1, 0.15) is 5.82 Å². The summed E-state index contributed by atoms with van der Waals surface area (Å²) in [7, 11) is 0. The Hall–Kier alpha value is -0.600. The maximum absolute atomic E-state index is 13.9. The summed E-state index contributed by atoms with van der Waals surface area (Å²) >= 11 is 5.82. The highest BCUT2D eigenvalue weighted by atomic mass is 35.5. The summed E-state index contributed by atoms with van der Waals surface area (Å²) in [6, 6.07) is 5.41. The zero-order valence-electron chi connectivity index (χ0n) is 12.3. The fourth-order valence-corrected chi connectivity index (χ4v) is 3.35. The van der Waals surface area contributed by atoms with Crippen LogP contribution < -0.4 is 5.32 Å². The molecule has 1 aromatic rings. The molecule has 0 spiro atoms. The maximum Gasteiger partial charge on any atom is 0.127 e. The van der Waals surface area contributed by atoms with Crippen LogP contribution in [0.15, 0.2) is 18.2 Å². The Balaban J connectivity index is 1.97. The molecule has 112 valence electrons. The van der Waals surface area contributed by atoms with Crippen molar-refractivity contribution >= 4 is 11.6 Å². The zero-order chi connectivity index (χ0) is 14.4. The van der Waals surface area contributed by atoms with Crippen LogP contribution in [0, 0.1) is 11.7 Å². The molecule has 0 saturated heterocycles. The first kappa shape index (κ1) is 15.8. The van der Waals surface area contributed by atoms with Gasteiger partial charge in [0.2, 0.25) is 0 Å². The van der Waals surface area contributed by atoms with Crippen molar-refractivity contribution in [3.8, 4) is 0 Å². The minimum Gasteiger partial charge on any atom is -0.314 e. The second-order valence-corrected chi connectivity index (χ2v) is 6.41. The van der Waals surface area contributed by atoms with E-state index >= 15 is 0 Å². The van der Waals surface area contributed by atoms with Gasteiger partial charge in [-0.15, -0.1) is 0 Å². The predicted octanol–water partition coefficient (Wildman–Crippen LogP) is 4.97. The standard InChI is InChI=1S/C17H25ClFN/c1-2-9-20-16(10-13-5-3-4-6-13)11-14-7-8-15(18)12-17(14)19/h7-8,12-13,16,20H,2-6,9-11H2,1H3. The number of hydrogen-bond acceptors (Lipinski definition) is 1. The minimum atomic E-state index is -0.174. The molecule has 1 aromatic carbocycles. The lowest BCUT2D eigenvalue weighted by Gasteiger charge is -2.22. The van der Waals surface area contributed by atoms with Crippen LogP contribution in [-0.4, -0.2) is 12.6 Å². The van der Waals surface area contributed by atoms with E-state index in [1.807, 2.05) is 6.07 Å². The van der Waals surface area contributed by atoms with Crippen molar-refractivity contribution in [2.24, 2.45) is 5.92 Å². The second kappa shape index (κ2) is 7.99. The van der Waals surface area contributed by atoms with Gasteiger partial charge in [-0.3, -0.25) is 0 Å². The lowest BCUT2D eigenvalue weighted by molar-refractivity contribution is 0.381. The van der Waals surface area contributed by atoms with Gasteiger partial charge in [-0.25, -0.2) is 4.39 Å². The highest BCUT2D eigenvalue weighted by Crippen LogP contribution is 2.29. The van der Waals surface area contributed by atoms with Gasteiger partial charge < -0.3 is 5.32 Å². The Morgan fingerprint density at radius 1 is 1.35 bits per heavy atom. The average Bonchev–Trinajstić information content (AvgIpc) is 2.92. The van der Waals surface area contributed by atoms with E-state index in [-0.39, 0.29) is 5.82 Å². The molecule has 1 N–H and O–H groups in total. The van der Waals surface area contributed by atoms with Crippen LogP contribution in [0.3, 0.4) is 0 Å². The van der Waals surface area contributed by atoms with E-state index in [1.165, 1.54) is 38.2 Å². The summed E-state index contributed by atoms with van der Waals surface area (Å²) in [5.74, 6) is 0.645. The van der Waals surface area contributed by atoms with Gasteiger partial charge in [-0.2, -0.15) is 0 Å². The number of rotatable bonds is 7. The Kier molecular flexibility index (Phi) is 6.31. The van der Waals surface area contributed by atoms with Crippen molar-refractivity contribution in [1.29, 1.82) is 0 Å². The van der Waals surface area contributed by atoms with Gasteiger partial charge in [-0.05, 0) is 49.4 Å². The van der Waals surface area contributed by atoms with Crippen LogP contribution >= 0.6 is 11.6 Å². The average molecular weight is 298 g/mol. The summed E-state index contributed by atoms with van der Waals surface area (Å²) in [6.07, 6.45) is 8.45. The normalized spacial score (nSPS) is 17.6. The van der Waals surface area contributed by atoms with Gasteiger partial charge in [0.15, 0.2) is 0 Å². The maximum atomic E-state index is 13.9. The first-order chi connectivity index (χ1) is 9.69. The molecule has 1 aliphatic carbocycles. The Bertz CT molecular complexity index is 415. The third kappa shape index (κ3) is 4.75. The van der Waals surface area contributed by atoms with Crippen LogP contribution in [0.4, 0.5) is 4.39 Å². The Morgan fingerprint density at radius 3 is 2.75 bits per heavy atom. The topological polar surface area (TPSA) is 12.0 Å². The molecule has 1 nitrogen and oxygen atoms in total. The van der Waals surface area contributed by atoms with E-state index in [0.29, 0.717) is 11.1 Å². The van der Waals surface area contributed by atoms with Gasteiger partial charge in [-0.1, -0.05) is 50.3 Å². The van der Waals surface area contributed by atoms with Gasteiger partial charge in [0, 0.05) is 11.1 Å². The van der Waals surface area contributed by atoms with E-state index in [9.17, 15) is 4.39 Å². The van der Waals surface area contributed by atoms with E-state index in [2.05, 4.69) is 12.2 Å². The molecular weight excluding hydrogens is 273 g/mol. The number of hydrogen-bond donors (Lipinski definition) is 1. The van der Waals surface area contributed by atoms with Crippen LogP contribution in [-0.2, 0) is 6.42 Å². The van der Waals surface area contributed by atoms with Crippen LogP contribution in [0.5, 0.6) is 0 Å². The molecule has 0 bridgehead atoms. The highest BCUT2D eigenvalue weighted by molar-refractivity contribution is 6.30. The zero-order valence-corrected chi connectivity index (χ0v) is 13.1. The van der Waals surface area contributed by atoms with Gasteiger partial charge in [0.25, 0.3) is 0 Å². The first-order valence-electron chi connectivity index (χ1n) is 7.86. The highest BCUT2D eigenvalue weighted by Gasteiger charge is 2.21. The summed E-state index contributed by atoms with van der Waals surface area (Å²) in [4.78, 5) is 0. The molecule has 0 aromatic heterocycles. The monoisotopic (exact) mass is 297 g/mol. The van der Waals surface area contributed by atoms with Crippen LogP contribution in [0.25, 0.3) is 0 Å². The molecule has 1 atom stereocenters. The molecule has 20 heavy (non-hydrogen) atoms. The quantitative estimate of drug-likeness (QED) is 0.749. The lowest BCUT2D eigenvalue weighted by Crippen LogP contribution is -2.33. The molecule has 1 aliphatic rings. The van der Waals surface area contributed by atoms with E-state index in [1.54, 1.807) is 6.07 Å². The third-order valence-electron chi connectivity index (χ3n) is 4.26. The molecule has 0 aliphatic heterocycles. The van der Waals surface area contributed by atoms with Crippen molar-refractivity contribution in [3.63, 3.8) is 0 Å². The van der Waals surface area contributed by atoms with Crippen molar-refractivity contribution in [2.45, 2.75) is 57.9 Å². The second-order valence-electron chi connectivity index (χ2n) is 5.98. The number of halogens is 2. The van der Waals surface area contributed by atoms with Crippen LogP contribution in [0.1, 0.15) is 51.0 Å². The van der Waals surface area contributed by atoms with Crippen molar-refractivity contribution < 1.29 is 4.39 Å². The molecular formula is C17H25ClFN. The molecule has 1 fully saturated rings. The van der Waals surface area contributed by atoms with E-state index in [0.717, 1.165) is 30.9 Å². The van der Waals surface area contributed by atoms with Crippen molar-refractivity contribution in [1.82, 2.24) is 5.32 Å².